The normalized spacial score (nSPS) is 26.1. The molecule has 29 heavy (non-hydrogen) atoms. The smallest absolute Gasteiger partial charge is 0.433 e. The maximum absolute atomic E-state index is 12.8. The van der Waals surface area contributed by atoms with Crippen LogP contribution in [0.3, 0.4) is 0 Å². The molecule has 1 unspecified atom stereocenters. The Morgan fingerprint density at radius 1 is 1.17 bits per heavy atom. The van der Waals surface area contributed by atoms with Crippen LogP contribution in [0.5, 0.6) is 0 Å². The van der Waals surface area contributed by atoms with Gasteiger partial charge in [-0.1, -0.05) is 18.2 Å². The molecule has 1 aromatic heterocycles. The van der Waals surface area contributed by atoms with E-state index in [0.29, 0.717) is 24.8 Å². The van der Waals surface area contributed by atoms with Crippen LogP contribution >= 0.6 is 0 Å². The molecule has 1 aromatic carbocycles. The average Bonchev–Trinajstić information content (AvgIpc) is 2.58. The van der Waals surface area contributed by atoms with Gasteiger partial charge in [-0.3, -0.25) is 9.78 Å². The zero-order valence-corrected chi connectivity index (χ0v) is 15.5. The number of aromatic nitrogens is 1. The van der Waals surface area contributed by atoms with Gasteiger partial charge in [0.2, 0.25) is 0 Å². The molecule has 5 rings (SSSR count). The molecule has 3 fully saturated rings. The minimum absolute atomic E-state index is 0.177. The van der Waals surface area contributed by atoms with Crippen LogP contribution in [0, 0.1) is 5.41 Å². The predicted octanol–water partition coefficient (Wildman–Crippen LogP) is 4.52. The summed E-state index contributed by atoms with van der Waals surface area (Å²) in [5.74, 6) is -1.51. The van der Waals surface area contributed by atoms with Crippen molar-refractivity contribution in [1.82, 2.24) is 4.98 Å². The molecule has 0 amide bonds. The van der Waals surface area contributed by atoms with Crippen LogP contribution in [-0.2, 0) is 21.1 Å². The fourth-order valence-electron chi connectivity index (χ4n) is 4.87. The first-order valence-corrected chi connectivity index (χ1v) is 9.09. The lowest BCUT2D eigenvalue weighted by Crippen LogP contribution is -2.67. The Labute approximate surface area is 164 Å². The first kappa shape index (κ1) is 19.4. The summed E-state index contributed by atoms with van der Waals surface area (Å²) in [6.45, 7) is 1.27. The van der Waals surface area contributed by atoms with E-state index in [1.165, 1.54) is 19.1 Å². The third kappa shape index (κ3) is 3.16. The van der Waals surface area contributed by atoms with Crippen molar-refractivity contribution in [3.05, 3.63) is 65.0 Å². The van der Waals surface area contributed by atoms with Gasteiger partial charge in [0.05, 0.1) is 5.56 Å². The highest BCUT2D eigenvalue weighted by Crippen LogP contribution is 2.78. The number of nitrogens with zero attached hydrogens (tertiary/aromatic N) is 1. The summed E-state index contributed by atoms with van der Waals surface area (Å²) in [6, 6.07) is 8.98. The monoisotopic (exact) mass is 405 g/mol. The highest BCUT2D eigenvalue weighted by Gasteiger charge is 2.72. The van der Waals surface area contributed by atoms with Gasteiger partial charge in [-0.15, -0.1) is 0 Å². The number of pyridine rings is 1. The fourth-order valence-corrected chi connectivity index (χ4v) is 4.87. The van der Waals surface area contributed by atoms with Gasteiger partial charge in [-0.25, -0.2) is 4.79 Å². The Bertz CT molecular complexity index is 964. The van der Waals surface area contributed by atoms with Crippen LogP contribution in [0.25, 0.3) is 0 Å². The second-order valence-electron chi connectivity index (χ2n) is 8.02. The molecule has 3 saturated carbocycles. The Kier molecular flexibility index (Phi) is 4.22. The number of carboxylic acids is 1. The highest BCUT2D eigenvalue weighted by atomic mass is 19.4. The van der Waals surface area contributed by atoms with E-state index >= 15 is 0 Å². The van der Waals surface area contributed by atoms with Gasteiger partial charge in [-0.2, -0.15) is 13.2 Å². The van der Waals surface area contributed by atoms with E-state index in [0.717, 1.165) is 17.8 Å². The molecule has 1 atom stereocenters. The number of benzene rings is 1. The number of ether oxygens (including phenoxy) is 1. The van der Waals surface area contributed by atoms with Gasteiger partial charge in [0.1, 0.15) is 11.8 Å². The zero-order chi connectivity index (χ0) is 21.0. The zero-order valence-electron chi connectivity index (χ0n) is 15.5. The largest absolute Gasteiger partial charge is 0.478 e. The molecule has 0 aliphatic heterocycles. The van der Waals surface area contributed by atoms with Gasteiger partial charge < -0.3 is 9.84 Å². The maximum Gasteiger partial charge on any atom is 0.433 e. The molecule has 1 heterocycles. The second-order valence-corrected chi connectivity index (χ2v) is 8.02. The van der Waals surface area contributed by atoms with E-state index in [9.17, 15) is 27.9 Å². The SMILES string of the molecule is CC(=O)OC(c1ccc(C(F)(F)F)nc1)C12CC(c3cccc(C(=O)O)c3)(C1)C2. The number of carbonyl (C=O) groups excluding carboxylic acids is 1. The van der Waals surface area contributed by atoms with Gasteiger partial charge in [0, 0.05) is 24.1 Å². The minimum atomic E-state index is -4.54. The molecule has 2 bridgehead atoms. The Balaban J connectivity index is 1.57. The van der Waals surface area contributed by atoms with Crippen LogP contribution < -0.4 is 0 Å². The Hall–Kier alpha value is -2.90. The van der Waals surface area contributed by atoms with Gasteiger partial charge in [-0.05, 0) is 48.4 Å². The number of alkyl halides is 3. The van der Waals surface area contributed by atoms with E-state index in [1.54, 1.807) is 12.1 Å². The van der Waals surface area contributed by atoms with Gasteiger partial charge in [0.25, 0.3) is 0 Å². The fraction of sp³-hybridized carbons (Fsp3) is 0.381. The summed E-state index contributed by atoms with van der Waals surface area (Å²) < 4.78 is 43.9. The van der Waals surface area contributed by atoms with Crippen molar-refractivity contribution < 1.29 is 32.6 Å². The van der Waals surface area contributed by atoms with Crippen LogP contribution in [-0.4, -0.2) is 22.0 Å². The number of carbonyl (C=O) groups is 2. The summed E-state index contributed by atoms with van der Waals surface area (Å²) in [7, 11) is 0. The van der Waals surface area contributed by atoms with Crippen molar-refractivity contribution in [2.45, 2.75) is 43.9 Å². The summed E-state index contributed by atoms with van der Waals surface area (Å²) in [5.41, 5.74) is 0.0227. The van der Waals surface area contributed by atoms with Gasteiger partial charge in [0.15, 0.2) is 0 Å². The Morgan fingerprint density at radius 3 is 2.38 bits per heavy atom. The molecule has 5 nitrogen and oxygen atoms in total. The third-order valence-corrected chi connectivity index (χ3v) is 6.01. The van der Waals surface area contributed by atoms with E-state index < -0.39 is 29.9 Å². The van der Waals surface area contributed by atoms with Crippen LogP contribution in [0.1, 0.15) is 59.5 Å². The number of aromatic carboxylic acids is 1. The van der Waals surface area contributed by atoms with Crippen LogP contribution in [0.15, 0.2) is 42.6 Å². The lowest BCUT2D eigenvalue weighted by atomic mass is 9.31. The number of halogens is 3. The van der Waals surface area contributed by atoms with E-state index in [2.05, 4.69) is 4.98 Å². The van der Waals surface area contributed by atoms with Crippen molar-refractivity contribution in [2.24, 2.45) is 5.41 Å². The first-order valence-electron chi connectivity index (χ1n) is 9.09. The topological polar surface area (TPSA) is 76.5 Å². The van der Waals surface area contributed by atoms with Crippen molar-refractivity contribution in [3.8, 4) is 0 Å². The molecule has 2 aromatic rings. The van der Waals surface area contributed by atoms with Crippen molar-refractivity contribution >= 4 is 11.9 Å². The van der Waals surface area contributed by atoms with Crippen molar-refractivity contribution in [1.29, 1.82) is 0 Å². The lowest BCUT2D eigenvalue weighted by Gasteiger charge is -2.72. The predicted molar refractivity (Wildman–Crippen MR) is 95.1 cm³/mol. The van der Waals surface area contributed by atoms with Gasteiger partial charge >= 0.3 is 18.1 Å². The van der Waals surface area contributed by atoms with Crippen LogP contribution in [0.4, 0.5) is 13.2 Å². The van der Waals surface area contributed by atoms with Crippen molar-refractivity contribution in [2.75, 3.05) is 0 Å². The molecular weight excluding hydrogens is 387 g/mol. The second kappa shape index (κ2) is 6.30. The standard InChI is InChI=1S/C21H18F3NO4/c1-12(26)29-17(14-5-6-16(25-8-14)21(22,23)24)20-9-19(10-20,11-20)15-4-2-3-13(7-15)18(27)28/h2-8,17H,9-11H2,1H3,(H,27,28). The molecule has 0 spiro atoms. The molecule has 0 saturated heterocycles. The summed E-state index contributed by atoms with van der Waals surface area (Å²) in [6.07, 6.45) is -2.09. The van der Waals surface area contributed by atoms with E-state index in [-0.39, 0.29) is 16.4 Å². The summed E-state index contributed by atoms with van der Waals surface area (Å²) in [4.78, 5) is 26.4. The number of rotatable bonds is 5. The number of hydrogen-bond donors (Lipinski definition) is 1. The molecule has 1 N–H and O–H groups in total. The highest BCUT2D eigenvalue weighted by molar-refractivity contribution is 5.87. The van der Waals surface area contributed by atoms with E-state index in [1.807, 2.05) is 6.07 Å². The number of esters is 1. The van der Waals surface area contributed by atoms with E-state index in [4.69, 9.17) is 4.74 Å². The summed E-state index contributed by atoms with van der Waals surface area (Å²) >= 11 is 0. The number of hydrogen-bond acceptors (Lipinski definition) is 4. The average molecular weight is 405 g/mol. The first-order chi connectivity index (χ1) is 13.5. The molecule has 8 heteroatoms. The molecule has 3 aliphatic rings. The lowest BCUT2D eigenvalue weighted by molar-refractivity contribution is -0.224. The molecule has 0 radical (unpaired) electrons. The molecule has 152 valence electrons. The quantitative estimate of drug-likeness (QED) is 0.740. The maximum atomic E-state index is 12.8. The molecule has 3 aliphatic carbocycles. The Morgan fingerprint density at radius 2 is 1.86 bits per heavy atom. The third-order valence-electron chi connectivity index (χ3n) is 6.01. The summed E-state index contributed by atoms with van der Waals surface area (Å²) in [5, 5.41) is 9.20. The molecular formula is C21H18F3NO4. The minimum Gasteiger partial charge on any atom is -0.478 e. The van der Waals surface area contributed by atoms with Crippen molar-refractivity contribution in [3.63, 3.8) is 0 Å². The van der Waals surface area contributed by atoms with Crippen LogP contribution in [0.2, 0.25) is 0 Å². The number of carboxylic acid groups (broad SMARTS) is 1.